The van der Waals surface area contributed by atoms with Gasteiger partial charge >= 0.3 is 6.18 Å². The van der Waals surface area contributed by atoms with E-state index in [1.807, 2.05) is 4.72 Å². The molecule has 0 atom stereocenters. The number of carbonyl (C=O) groups is 1. The summed E-state index contributed by atoms with van der Waals surface area (Å²) in [6.07, 6.45) is 0.585. The fourth-order valence-corrected chi connectivity index (χ4v) is 3.83. The highest BCUT2D eigenvalue weighted by Gasteiger charge is 2.30. The van der Waals surface area contributed by atoms with E-state index < -0.39 is 56.2 Å². The summed E-state index contributed by atoms with van der Waals surface area (Å²) in [7, 11) is -4.46. The van der Waals surface area contributed by atoms with Gasteiger partial charge < -0.3 is 4.98 Å². The molecule has 13 heteroatoms. The zero-order chi connectivity index (χ0) is 25.1. The lowest BCUT2D eigenvalue weighted by Crippen LogP contribution is -2.24. The van der Waals surface area contributed by atoms with Crippen LogP contribution in [0.2, 0.25) is 0 Å². The van der Waals surface area contributed by atoms with E-state index in [1.54, 1.807) is 0 Å². The number of H-pyrrole nitrogens is 1. The van der Waals surface area contributed by atoms with Gasteiger partial charge in [-0.25, -0.2) is 27.2 Å². The quantitative estimate of drug-likeness (QED) is 0.207. The Balaban J connectivity index is 1.78. The standard InChI is InChI=1S/C21H15F5N4O3S/c1-12(19(31)16-10-28-20-17(16)9-27-11-29-20)18(23)7-4-14(8-22)30-34(32,33)15-5-2-13(3-6-15)21(24,25)26/h2-7,9-11,30H,1,8H2,(H,27,28,29)/b14-4+,18-7+. The van der Waals surface area contributed by atoms with E-state index in [2.05, 4.69) is 21.5 Å². The number of fused-ring (bicyclic) bond motifs is 1. The predicted molar refractivity (Wildman–Crippen MR) is 112 cm³/mol. The number of alkyl halides is 4. The van der Waals surface area contributed by atoms with Crippen LogP contribution in [-0.2, 0) is 16.2 Å². The van der Waals surface area contributed by atoms with Gasteiger partial charge in [-0.1, -0.05) is 6.58 Å². The van der Waals surface area contributed by atoms with E-state index >= 15 is 0 Å². The molecule has 3 rings (SSSR count). The topological polar surface area (TPSA) is 105 Å². The summed E-state index contributed by atoms with van der Waals surface area (Å²) in [5.74, 6) is -1.98. The Labute approximate surface area is 189 Å². The number of rotatable bonds is 8. The summed E-state index contributed by atoms with van der Waals surface area (Å²) in [6.45, 7) is 1.99. The Morgan fingerprint density at radius 1 is 1.18 bits per heavy atom. The number of carbonyl (C=O) groups excluding carboxylic acids is 1. The van der Waals surface area contributed by atoms with Crippen molar-refractivity contribution in [3.63, 3.8) is 0 Å². The fourth-order valence-electron chi connectivity index (χ4n) is 2.75. The lowest BCUT2D eigenvalue weighted by Gasteiger charge is -2.11. The van der Waals surface area contributed by atoms with Crippen molar-refractivity contribution in [1.29, 1.82) is 0 Å². The number of ketones is 1. The first-order chi connectivity index (χ1) is 15.9. The van der Waals surface area contributed by atoms with E-state index in [-0.39, 0.29) is 5.56 Å². The molecule has 1 aromatic carbocycles. The molecule has 0 saturated carbocycles. The van der Waals surface area contributed by atoms with Crippen LogP contribution in [0.15, 0.2) is 83.7 Å². The molecule has 0 amide bonds. The molecule has 0 aliphatic carbocycles. The van der Waals surface area contributed by atoms with E-state index in [0.717, 1.165) is 6.08 Å². The van der Waals surface area contributed by atoms with Crippen molar-refractivity contribution in [2.45, 2.75) is 11.1 Å². The molecule has 2 aromatic heterocycles. The third-order valence-electron chi connectivity index (χ3n) is 4.49. The van der Waals surface area contributed by atoms with E-state index in [9.17, 15) is 35.2 Å². The maximum absolute atomic E-state index is 14.5. The van der Waals surface area contributed by atoms with Gasteiger partial charge in [0.2, 0.25) is 0 Å². The predicted octanol–water partition coefficient (Wildman–Crippen LogP) is 4.40. The Kier molecular flexibility index (Phi) is 6.96. The number of nitrogens with one attached hydrogen (secondary N) is 2. The van der Waals surface area contributed by atoms with Crippen molar-refractivity contribution in [3.8, 4) is 0 Å². The smallest absolute Gasteiger partial charge is 0.345 e. The molecule has 2 heterocycles. The van der Waals surface area contributed by atoms with Gasteiger partial charge in [0.05, 0.1) is 27.3 Å². The first-order valence-electron chi connectivity index (χ1n) is 9.27. The molecule has 0 bridgehead atoms. The van der Waals surface area contributed by atoms with Crippen LogP contribution in [0.4, 0.5) is 22.0 Å². The summed E-state index contributed by atoms with van der Waals surface area (Å²) >= 11 is 0. The number of sulfonamides is 1. The maximum Gasteiger partial charge on any atom is 0.416 e. The lowest BCUT2D eigenvalue weighted by molar-refractivity contribution is -0.137. The van der Waals surface area contributed by atoms with Crippen molar-refractivity contribution < 1.29 is 35.2 Å². The third-order valence-corrected chi connectivity index (χ3v) is 5.92. The third kappa shape index (κ3) is 5.36. The molecular weight excluding hydrogens is 483 g/mol. The average Bonchev–Trinajstić information content (AvgIpc) is 3.24. The minimum atomic E-state index is -4.67. The minimum absolute atomic E-state index is 0.0434. The van der Waals surface area contributed by atoms with Gasteiger partial charge in [0.15, 0.2) is 5.78 Å². The number of aromatic amines is 1. The molecule has 3 aromatic rings. The number of allylic oxidation sites excluding steroid dienone is 5. The number of hydrogen-bond donors (Lipinski definition) is 2. The highest BCUT2D eigenvalue weighted by atomic mass is 32.2. The monoisotopic (exact) mass is 498 g/mol. The van der Waals surface area contributed by atoms with Gasteiger partial charge in [-0.3, -0.25) is 9.52 Å². The zero-order valence-electron chi connectivity index (χ0n) is 17.0. The Morgan fingerprint density at radius 2 is 1.85 bits per heavy atom. The average molecular weight is 498 g/mol. The molecular formula is C21H15F5N4O3S. The first-order valence-corrected chi connectivity index (χ1v) is 10.8. The Hall–Kier alpha value is -3.87. The van der Waals surface area contributed by atoms with Crippen LogP contribution in [0, 0.1) is 0 Å². The second-order valence-electron chi connectivity index (χ2n) is 6.76. The van der Waals surface area contributed by atoms with E-state index in [4.69, 9.17) is 0 Å². The molecule has 0 unspecified atom stereocenters. The van der Waals surface area contributed by atoms with Crippen molar-refractivity contribution in [2.24, 2.45) is 0 Å². The zero-order valence-corrected chi connectivity index (χ0v) is 17.8. The summed E-state index contributed by atoms with van der Waals surface area (Å²) in [5, 5.41) is 0.325. The molecule has 0 aliphatic rings. The van der Waals surface area contributed by atoms with E-state index in [0.29, 0.717) is 41.4 Å². The van der Waals surface area contributed by atoms with Crippen LogP contribution in [0.3, 0.4) is 0 Å². The van der Waals surface area contributed by atoms with E-state index in [1.165, 1.54) is 18.7 Å². The molecule has 34 heavy (non-hydrogen) atoms. The van der Waals surface area contributed by atoms with Crippen LogP contribution in [0.5, 0.6) is 0 Å². The fraction of sp³-hybridized carbons (Fsp3) is 0.0952. The Morgan fingerprint density at radius 3 is 2.47 bits per heavy atom. The van der Waals surface area contributed by atoms with Crippen LogP contribution >= 0.6 is 0 Å². The molecule has 0 saturated heterocycles. The van der Waals surface area contributed by atoms with Crippen molar-refractivity contribution >= 4 is 26.8 Å². The summed E-state index contributed by atoms with van der Waals surface area (Å²) in [4.78, 5) is 22.4. The normalized spacial score (nSPS) is 13.2. The number of halogens is 5. The molecule has 2 N–H and O–H groups in total. The van der Waals surface area contributed by atoms with Gasteiger partial charge in [-0.15, -0.1) is 0 Å². The Bertz CT molecular complexity index is 1410. The maximum atomic E-state index is 14.5. The second kappa shape index (κ2) is 9.55. The van der Waals surface area contributed by atoms with Crippen molar-refractivity contribution in [2.75, 3.05) is 6.67 Å². The van der Waals surface area contributed by atoms with Crippen molar-refractivity contribution in [3.05, 3.63) is 89.9 Å². The molecule has 178 valence electrons. The van der Waals surface area contributed by atoms with Gasteiger partial charge in [0.25, 0.3) is 10.0 Å². The molecule has 0 aliphatic heterocycles. The lowest BCUT2D eigenvalue weighted by atomic mass is 10.0. The summed E-state index contributed by atoms with van der Waals surface area (Å²) in [6, 6.07) is 2.50. The second-order valence-corrected chi connectivity index (χ2v) is 8.45. The van der Waals surface area contributed by atoms with Crippen LogP contribution < -0.4 is 4.72 Å². The summed E-state index contributed by atoms with van der Waals surface area (Å²) < 4.78 is 92.2. The van der Waals surface area contributed by atoms with Crippen LogP contribution in [0.1, 0.15) is 15.9 Å². The number of aromatic nitrogens is 3. The number of nitrogens with zero attached hydrogens (tertiary/aromatic N) is 2. The molecule has 0 spiro atoms. The van der Waals surface area contributed by atoms with Gasteiger partial charge in [-0.2, -0.15) is 13.2 Å². The molecule has 0 radical (unpaired) electrons. The van der Waals surface area contributed by atoms with Crippen LogP contribution in [-0.4, -0.2) is 35.8 Å². The largest absolute Gasteiger partial charge is 0.416 e. The SMILES string of the molecule is C=C(C(=O)c1c[nH]c2ncncc12)/C(F)=C\C=C(/CF)NS(=O)(=O)c1ccc(C(F)(F)F)cc1. The van der Waals surface area contributed by atoms with Gasteiger partial charge in [0, 0.05) is 17.8 Å². The number of benzene rings is 1. The van der Waals surface area contributed by atoms with Crippen molar-refractivity contribution in [1.82, 2.24) is 19.7 Å². The first kappa shape index (κ1) is 24.8. The highest BCUT2D eigenvalue weighted by Crippen LogP contribution is 2.29. The van der Waals surface area contributed by atoms with Gasteiger partial charge in [0.1, 0.15) is 24.5 Å². The number of hydrogen-bond acceptors (Lipinski definition) is 5. The van der Waals surface area contributed by atoms with Gasteiger partial charge in [-0.05, 0) is 36.4 Å². The minimum Gasteiger partial charge on any atom is -0.345 e. The highest BCUT2D eigenvalue weighted by molar-refractivity contribution is 7.89. The summed E-state index contributed by atoms with van der Waals surface area (Å²) in [5.41, 5.74) is -1.90. The molecule has 0 fully saturated rings. The van der Waals surface area contributed by atoms with Crippen LogP contribution in [0.25, 0.3) is 11.0 Å². The molecule has 7 nitrogen and oxygen atoms in total. The number of Topliss-reactive ketones (excluding diaryl/α,β-unsaturated/α-hetero) is 1.